The summed E-state index contributed by atoms with van der Waals surface area (Å²) < 4.78 is 6.08. The summed E-state index contributed by atoms with van der Waals surface area (Å²) in [6.45, 7) is 0. The number of anilines is 2. The number of nitrogens with one attached hydrogen (secondary N) is 1. The molecule has 0 spiro atoms. The number of amides is 1. The lowest BCUT2D eigenvalue weighted by Crippen LogP contribution is -2.11. The number of thiophene rings is 1. The van der Waals surface area contributed by atoms with Crippen LogP contribution < -0.4 is 15.8 Å². The zero-order valence-corrected chi connectivity index (χ0v) is 12.0. The highest BCUT2D eigenvalue weighted by molar-refractivity contribution is 9.11. The van der Waals surface area contributed by atoms with Gasteiger partial charge in [0.05, 0.1) is 22.1 Å². The molecule has 2 aromatic rings. The van der Waals surface area contributed by atoms with Crippen LogP contribution in [0.25, 0.3) is 0 Å². The molecule has 0 bridgehead atoms. The highest BCUT2D eigenvalue weighted by atomic mass is 79.9. The van der Waals surface area contributed by atoms with E-state index >= 15 is 0 Å². The second kappa shape index (κ2) is 5.41. The van der Waals surface area contributed by atoms with E-state index in [1.807, 2.05) is 0 Å². The van der Waals surface area contributed by atoms with E-state index in [4.69, 9.17) is 10.5 Å². The fourth-order valence-electron chi connectivity index (χ4n) is 1.43. The Hall–Kier alpha value is -1.53. The van der Waals surface area contributed by atoms with Crippen LogP contribution in [0.4, 0.5) is 11.4 Å². The molecule has 0 aliphatic rings. The largest absolute Gasteiger partial charge is 0.494 e. The minimum atomic E-state index is -0.181. The van der Waals surface area contributed by atoms with Crippen LogP contribution in [0.1, 0.15) is 10.4 Å². The van der Waals surface area contributed by atoms with E-state index in [0.717, 1.165) is 3.79 Å². The number of hydrogen-bond donors (Lipinski definition) is 2. The molecule has 0 aliphatic carbocycles. The van der Waals surface area contributed by atoms with E-state index in [2.05, 4.69) is 21.2 Å². The average molecular weight is 327 g/mol. The normalized spacial score (nSPS) is 10.1. The van der Waals surface area contributed by atoms with Crippen molar-refractivity contribution in [3.05, 3.63) is 39.0 Å². The van der Waals surface area contributed by atoms with Crippen molar-refractivity contribution in [3.8, 4) is 5.75 Å². The number of nitrogen functional groups attached to an aromatic ring is 1. The van der Waals surface area contributed by atoms with Gasteiger partial charge in [-0.2, -0.15) is 0 Å². The molecule has 0 fully saturated rings. The van der Waals surface area contributed by atoms with E-state index in [1.165, 1.54) is 18.4 Å². The number of benzene rings is 1. The summed E-state index contributed by atoms with van der Waals surface area (Å²) in [5.74, 6) is 0.359. The zero-order chi connectivity index (χ0) is 13.1. The van der Waals surface area contributed by atoms with Crippen LogP contribution in [0, 0.1) is 0 Å². The zero-order valence-electron chi connectivity index (χ0n) is 9.57. The van der Waals surface area contributed by atoms with Crippen LogP contribution in [0.3, 0.4) is 0 Å². The second-order valence-corrected chi connectivity index (χ2v) is 5.84. The van der Waals surface area contributed by atoms with E-state index in [9.17, 15) is 4.79 Å². The first-order chi connectivity index (χ1) is 8.60. The number of halogens is 1. The molecule has 0 aliphatic heterocycles. The summed E-state index contributed by atoms with van der Waals surface area (Å²) in [4.78, 5) is 12.0. The molecule has 4 nitrogen and oxygen atoms in total. The SMILES string of the molecule is COc1cc(N)ccc1NC(=O)c1csc(Br)c1. The van der Waals surface area contributed by atoms with Gasteiger partial charge in [-0.3, -0.25) is 4.79 Å². The molecule has 1 aromatic carbocycles. The van der Waals surface area contributed by atoms with Crippen LogP contribution in [-0.4, -0.2) is 13.0 Å². The Morgan fingerprint density at radius 2 is 2.22 bits per heavy atom. The van der Waals surface area contributed by atoms with Crippen LogP contribution in [0.5, 0.6) is 5.75 Å². The van der Waals surface area contributed by atoms with Crippen molar-refractivity contribution in [1.29, 1.82) is 0 Å². The Bertz CT molecular complexity index is 583. The minimum Gasteiger partial charge on any atom is -0.494 e. The Morgan fingerprint density at radius 1 is 1.44 bits per heavy atom. The molecule has 0 radical (unpaired) electrons. The molecule has 0 saturated heterocycles. The number of rotatable bonds is 3. The molecule has 3 N–H and O–H groups in total. The van der Waals surface area contributed by atoms with Crippen LogP contribution in [0.2, 0.25) is 0 Å². The Balaban J connectivity index is 2.21. The lowest BCUT2D eigenvalue weighted by atomic mass is 10.2. The van der Waals surface area contributed by atoms with E-state index in [-0.39, 0.29) is 5.91 Å². The predicted octanol–water partition coefficient (Wildman–Crippen LogP) is 3.35. The van der Waals surface area contributed by atoms with Crippen LogP contribution >= 0.6 is 27.3 Å². The summed E-state index contributed by atoms with van der Waals surface area (Å²) >= 11 is 4.78. The lowest BCUT2D eigenvalue weighted by molar-refractivity contribution is 0.102. The first kappa shape index (κ1) is 12.9. The fraction of sp³-hybridized carbons (Fsp3) is 0.0833. The topological polar surface area (TPSA) is 64.3 Å². The summed E-state index contributed by atoms with van der Waals surface area (Å²) in [6.07, 6.45) is 0. The first-order valence-corrected chi connectivity index (χ1v) is 6.76. The first-order valence-electron chi connectivity index (χ1n) is 5.09. The Labute approximate surface area is 117 Å². The summed E-state index contributed by atoms with van der Waals surface area (Å²) in [5.41, 5.74) is 7.44. The van der Waals surface area contributed by atoms with E-state index < -0.39 is 0 Å². The maximum Gasteiger partial charge on any atom is 0.256 e. The molecule has 18 heavy (non-hydrogen) atoms. The maximum atomic E-state index is 12.0. The highest BCUT2D eigenvalue weighted by Crippen LogP contribution is 2.28. The number of nitrogens with two attached hydrogens (primary N) is 1. The molecule has 0 saturated carbocycles. The molecular weight excluding hydrogens is 316 g/mol. The van der Waals surface area contributed by atoms with Crippen molar-refractivity contribution in [2.45, 2.75) is 0 Å². The van der Waals surface area contributed by atoms with Crippen molar-refractivity contribution in [1.82, 2.24) is 0 Å². The summed E-state index contributed by atoms with van der Waals surface area (Å²) in [5, 5.41) is 4.57. The molecule has 1 aromatic heterocycles. The van der Waals surface area contributed by atoms with Gasteiger partial charge in [-0.25, -0.2) is 0 Å². The van der Waals surface area contributed by atoms with Crippen molar-refractivity contribution >= 4 is 44.5 Å². The maximum absolute atomic E-state index is 12.0. The van der Waals surface area contributed by atoms with E-state index in [0.29, 0.717) is 22.7 Å². The van der Waals surface area contributed by atoms with Gasteiger partial charge in [0.2, 0.25) is 0 Å². The predicted molar refractivity (Wildman–Crippen MR) is 77.4 cm³/mol. The molecule has 2 rings (SSSR count). The van der Waals surface area contributed by atoms with Gasteiger partial charge in [-0.05, 0) is 34.1 Å². The molecule has 0 unspecified atom stereocenters. The third kappa shape index (κ3) is 2.83. The number of ether oxygens (including phenoxy) is 1. The van der Waals surface area contributed by atoms with Gasteiger partial charge < -0.3 is 15.8 Å². The van der Waals surface area contributed by atoms with E-state index in [1.54, 1.807) is 29.6 Å². The lowest BCUT2D eigenvalue weighted by Gasteiger charge is -2.10. The third-order valence-corrected chi connectivity index (χ3v) is 3.81. The third-order valence-electron chi connectivity index (χ3n) is 2.30. The van der Waals surface area contributed by atoms with Gasteiger partial charge in [0.1, 0.15) is 5.75 Å². The molecular formula is C12H11BrN2O2S. The minimum absolute atomic E-state index is 0.181. The van der Waals surface area contributed by atoms with Gasteiger partial charge in [0, 0.05) is 17.1 Å². The molecule has 1 amide bonds. The Morgan fingerprint density at radius 3 is 2.83 bits per heavy atom. The standard InChI is InChI=1S/C12H11BrN2O2S/c1-17-10-5-8(14)2-3-9(10)15-12(16)7-4-11(13)18-6-7/h2-6H,14H2,1H3,(H,15,16). The monoisotopic (exact) mass is 326 g/mol. The van der Waals surface area contributed by atoms with Crippen LogP contribution in [-0.2, 0) is 0 Å². The summed E-state index contributed by atoms with van der Waals surface area (Å²) in [7, 11) is 1.53. The number of carbonyl (C=O) groups is 1. The van der Waals surface area contributed by atoms with Gasteiger partial charge in [-0.1, -0.05) is 0 Å². The molecule has 6 heteroatoms. The van der Waals surface area contributed by atoms with Crippen molar-refractivity contribution < 1.29 is 9.53 Å². The van der Waals surface area contributed by atoms with Gasteiger partial charge in [0.25, 0.3) is 5.91 Å². The van der Waals surface area contributed by atoms with Gasteiger partial charge in [-0.15, -0.1) is 11.3 Å². The van der Waals surface area contributed by atoms with Crippen molar-refractivity contribution in [2.24, 2.45) is 0 Å². The molecule has 94 valence electrons. The smallest absolute Gasteiger partial charge is 0.256 e. The number of hydrogen-bond acceptors (Lipinski definition) is 4. The van der Waals surface area contributed by atoms with Gasteiger partial charge >= 0.3 is 0 Å². The van der Waals surface area contributed by atoms with Gasteiger partial charge in [0.15, 0.2) is 0 Å². The van der Waals surface area contributed by atoms with Crippen LogP contribution in [0.15, 0.2) is 33.4 Å². The molecule has 1 heterocycles. The fourth-order valence-corrected chi connectivity index (χ4v) is 2.57. The quantitative estimate of drug-likeness (QED) is 0.850. The highest BCUT2D eigenvalue weighted by Gasteiger charge is 2.11. The summed E-state index contributed by atoms with van der Waals surface area (Å²) in [6, 6.07) is 6.86. The molecule has 0 atom stereocenters. The van der Waals surface area contributed by atoms with Crippen molar-refractivity contribution in [3.63, 3.8) is 0 Å². The van der Waals surface area contributed by atoms with Crippen molar-refractivity contribution in [2.75, 3.05) is 18.2 Å². The Kier molecular flexibility index (Phi) is 3.88. The number of carbonyl (C=O) groups excluding carboxylic acids is 1. The second-order valence-electron chi connectivity index (χ2n) is 3.55. The average Bonchev–Trinajstić information content (AvgIpc) is 2.78. The number of methoxy groups -OCH3 is 1.